The molecular formula is C6H6N4O8. The predicted octanol–water partition coefficient (Wildman–Crippen LogP) is -1.95. The zero-order valence-corrected chi connectivity index (χ0v) is 8.52. The molecule has 5 rings (SSSR count). The summed E-state index contributed by atoms with van der Waals surface area (Å²) < 4.78 is 20.9. The second-order valence-corrected chi connectivity index (χ2v) is 4.08. The van der Waals surface area contributed by atoms with E-state index in [9.17, 15) is 20.2 Å². The van der Waals surface area contributed by atoms with Gasteiger partial charge in [-0.15, -0.1) is 0 Å². The SMILES string of the molecule is O=[N+]([O-])N1C2OC3OC2N([N+](=O)[O-])C2OC3OC21. The largest absolute Gasteiger partial charge is 0.314 e. The van der Waals surface area contributed by atoms with E-state index < -0.39 is 47.6 Å². The van der Waals surface area contributed by atoms with Gasteiger partial charge < -0.3 is 18.9 Å². The molecule has 12 heteroatoms. The average Bonchev–Trinajstić information content (AvgIpc) is 2.76. The van der Waals surface area contributed by atoms with E-state index in [2.05, 4.69) is 0 Å². The predicted molar refractivity (Wildman–Crippen MR) is 44.7 cm³/mol. The first-order valence-electron chi connectivity index (χ1n) is 5.05. The van der Waals surface area contributed by atoms with Gasteiger partial charge in [0.1, 0.15) is 0 Å². The highest BCUT2D eigenvalue weighted by atomic mass is 16.9. The zero-order valence-electron chi connectivity index (χ0n) is 8.52. The number of rotatable bonds is 2. The molecule has 5 aliphatic rings. The fourth-order valence-corrected chi connectivity index (χ4v) is 2.57. The van der Waals surface area contributed by atoms with E-state index in [0.717, 1.165) is 0 Å². The number of hydrogen-bond acceptors (Lipinski definition) is 8. The number of hydrazine groups is 2. The van der Waals surface area contributed by atoms with Gasteiger partial charge in [-0.25, -0.2) is 20.2 Å². The molecule has 98 valence electrons. The van der Waals surface area contributed by atoms with Crippen LogP contribution in [0.1, 0.15) is 0 Å². The van der Waals surface area contributed by atoms with Gasteiger partial charge in [0.25, 0.3) is 0 Å². The summed E-state index contributed by atoms with van der Waals surface area (Å²) in [5.41, 5.74) is 0. The van der Waals surface area contributed by atoms with Crippen molar-refractivity contribution in [3.05, 3.63) is 20.2 Å². The molecule has 4 unspecified atom stereocenters. The Bertz CT molecular complexity index is 381. The van der Waals surface area contributed by atoms with Gasteiger partial charge in [0, 0.05) is 0 Å². The van der Waals surface area contributed by atoms with Gasteiger partial charge in [0.05, 0.1) is 0 Å². The molecule has 0 aromatic heterocycles. The lowest BCUT2D eigenvalue weighted by Crippen LogP contribution is -2.69. The van der Waals surface area contributed by atoms with Crippen LogP contribution in [0.15, 0.2) is 0 Å². The number of nitrogens with zero attached hydrogens (tertiary/aromatic N) is 4. The molecule has 0 radical (unpaired) electrons. The third-order valence-electron chi connectivity index (χ3n) is 3.22. The van der Waals surface area contributed by atoms with Crippen LogP contribution in [0.2, 0.25) is 0 Å². The maximum atomic E-state index is 11.0. The van der Waals surface area contributed by atoms with Gasteiger partial charge in [-0.3, -0.25) is 0 Å². The fourth-order valence-electron chi connectivity index (χ4n) is 2.57. The summed E-state index contributed by atoms with van der Waals surface area (Å²) in [5.74, 6) is 0. The quantitative estimate of drug-likeness (QED) is 0.408. The summed E-state index contributed by atoms with van der Waals surface area (Å²) >= 11 is 0. The molecule has 4 atom stereocenters. The van der Waals surface area contributed by atoms with Crippen molar-refractivity contribution in [3.63, 3.8) is 0 Å². The minimum atomic E-state index is -1.19. The summed E-state index contributed by atoms with van der Waals surface area (Å²) in [5, 5.41) is 21.9. The van der Waals surface area contributed by atoms with E-state index in [1.165, 1.54) is 0 Å². The maximum absolute atomic E-state index is 11.0. The van der Waals surface area contributed by atoms with Crippen LogP contribution in [0.25, 0.3) is 0 Å². The molecule has 0 aromatic rings. The molecule has 6 bridgehead atoms. The van der Waals surface area contributed by atoms with Crippen LogP contribution in [0.4, 0.5) is 0 Å². The lowest BCUT2D eigenvalue weighted by atomic mass is 10.3. The molecule has 18 heavy (non-hydrogen) atoms. The highest BCUT2D eigenvalue weighted by Gasteiger charge is 2.72. The van der Waals surface area contributed by atoms with Crippen molar-refractivity contribution in [2.75, 3.05) is 0 Å². The van der Waals surface area contributed by atoms with Crippen LogP contribution < -0.4 is 0 Å². The topological polar surface area (TPSA) is 130 Å². The molecule has 5 fully saturated rings. The van der Waals surface area contributed by atoms with Crippen molar-refractivity contribution in [1.29, 1.82) is 0 Å². The van der Waals surface area contributed by atoms with Crippen molar-refractivity contribution in [3.8, 4) is 0 Å². The molecule has 0 N–H and O–H groups in total. The number of ether oxygens (including phenoxy) is 4. The van der Waals surface area contributed by atoms with Crippen molar-refractivity contribution >= 4 is 0 Å². The second kappa shape index (κ2) is 2.97. The van der Waals surface area contributed by atoms with Crippen LogP contribution >= 0.6 is 0 Å². The van der Waals surface area contributed by atoms with Crippen LogP contribution in [0.3, 0.4) is 0 Å². The van der Waals surface area contributed by atoms with Gasteiger partial charge in [0.2, 0.25) is 37.5 Å². The van der Waals surface area contributed by atoms with E-state index in [0.29, 0.717) is 10.0 Å². The Hall–Kier alpha value is -1.76. The third kappa shape index (κ3) is 0.989. The zero-order chi connectivity index (χ0) is 12.6. The minimum absolute atomic E-state index is 0.655. The Balaban J connectivity index is 1.83. The highest BCUT2D eigenvalue weighted by Crippen LogP contribution is 2.45. The van der Waals surface area contributed by atoms with Crippen molar-refractivity contribution in [2.45, 2.75) is 37.5 Å². The molecular weight excluding hydrogens is 256 g/mol. The van der Waals surface area contributed by atoms with Gasteiger partial charge in [-0.1, -0.05) is 10.0 Å². The number of hydrogen-bond donors (Lipinski definition) is 0. The average molecular weight is 262 g/mol. The Kier molecular flexibility index (Phi) is 1.68. The molecule has 0 saturated carbocycles. The molecule has 0 spiro atoms. The summed E-state index contributed by atoms with van der Waals surface area (Å²) in [4.78, 5) is 22.0. The first kappa shape index (κ1) is 10.2. The van der Waals surface area contributed by atoms with Crippen LogP contribution in [-0.2, 0) is 18.9 Å². The Morgan fingerprint density at radius 1 is 0.722 bits per heavy atom. The van der Waals surface area contributed by atoms with Crippen molar-refractivity contribution in [2.24, 2.45) is 0 Å². The first-order valence-corrected chi connectivity index (χ1v) is 5.05. The second-order valence-electron chi connectivity index (χ2n) is 4.08. The fraction of sp³-hybridized carbons (Fsp3) is 1.00. The Morgan fingerprint density at radius 3 is 1.22 bits per heavy atom. The molecule has 5 saturated heterocycles. The van der Waals surface area contributed by atoms with Gasteiger partial charge in [-0.05, 0) is 0 Å². The lowest BCUT2D eigenvalue weighted by molar-refractivity contribution is -0.747. The van der Waals surface area contributed by atoms with E-state index in [1.54, 1.807) is 0 Å². The minimum Gasteiger partial charge on any atom is -0.314 e. The third-order valence-corrected chi connectivity index (χ3v) is 3.22. The smallest absolute Gasteiger partial charge is 0.243 e. The molecule has 5 heterocycles. The summed E-state index contributed by atoms with van der Waals surface area (Å²) in [6.45, 7) is 0. The van der Waals surface area contributed by atoms with Crippen LogP contribution in [0, 0.1) is 20.2 Å². The summed E-state index contributed by atoms with van der Waals surface area (Å²) in [7, 11) is 0. The lowest BCUT2D eigenvalue weighted by Gasteiger charge is -2.37. The van der Waals surface area contributed by atoms with Gasteiger partial charge in [0.15, 0.2) is 10.1 Å². The standard InChI is InChI=1S/C6H6N4O8/c11-9(12)7-1-2-8(10(13)14)4-3(7)17-6(18-4)5(15-1)16-2/h1-6H. The Morgan fingerprint density at radius 2 is 1.00 bits per heavy atom. The summed E-state index contributed by atoms with van der Waals surface area (Å²) in [6.07, 6.45) is -6.75. The molecule has 0 aliphatic carbocycles. The van der Waals surface area contributed by atoms with Crippen molar-refractivity contribution in [1.82, 2.24) is 10.0 Å². The Labute approximate surface area is 97.8 Å². The molecule has 0 amide bonds. The maximum Gasteiger partial charge on any atom is 0.243 e. The van der Waals surface area contributed by atoms with E-state index >= 15 is 0 Å². The van der Waals surface area contributed by atoms with E-state index in [4.69, 9.17) is 18.9 Å². The van der Waals surface area contributed by atoms with Crippen molar-refractivity contribution < 1.29 is 29.0 Å². The molecule has 12 nitrogen and oxygen atoms in total. The van der Waals surface area contributed by atoms with E-state index in [1.807, 2.05) is 0 Å². The summed E-state index contributed by atoms with van der Waals surface area (Å²) in [6, 6.07) is 0. The monoisotopic (exact) mass is 262 g/mol. The van der Waals surface area contributed by atoms with Gasteiger partial charge in [-0.2, -0.15) is 0 Å². The van der Waals surface area contributed by atoms with Gasteiger partial charge >= 0.3 is 0 Å². The molecule has 0 aromatic carbocycles. The van der Waals surface area contributed by atoms with Crippen LogP contribution in [0.5, 0.6) is 0 Å². The van der Waals surface area contributed by atoms with Crippen LogP contribution in [-0.4, -0.2) is 57.6 Å². The number of nitro groups is 2. The van der Waals surface area contributed by atoms with E-state index in [-0.39, 0.29) is 0 Å². The number of piperazine rings is 1. The normalized spacial score (nSPS) is 47.8. The first-order chi connectivity index (χ1) is 8.58. The molecule has 5 aliphatic heterocycles. The highest BCUT2D eigenvalue weighted by molar-refractivity contribution is 4.92.